The van der Waals surface area contributed by atoms with E-state index in [-0.39, 0.29) is 17.7 Å². The lowest BCUT2D eigenvalue weighted by Gasteiger charge is -2.26. The van der Waals surface area contributed by atoms with Crippen LogP contribution in [0.2, 0.25) is 0 Å². The topological polar surface area (TPSA) is 87.5 Å². The number of fused-ring (bicyclic) bond motifs is 1. The summed E-state index contributed by atoms with van der Waals surface area (Å²) < 4.78 is 0. The van der Waals surface area contributed by atoms with Crippen LogP contribution >= 0.6 is 0 Å². The van der Waals surface area contributed by atoms with E-state index in [1.165, 1.54) is 0 Å². The minimum Gasteiger partial charge on any atom is -0.397 e. The van der Waals surface area contributed by atoms with Gasteiger partial charge in [0.15, 0.2) is 0 Å². The molecule has 0 spiro atoms. The Morgan fingerprint density at radius 3 is 2.86 bits per heavy atom. The van der Waals surface area contributed by atoms with E-state index in [1.54, 1.807) is 13.1 Å². The maximum atomic E-state index is 11.6. The highest BCUT2D eigenvalue weighted by atomic mass is 16.2. The standard InChI is InChI=1S/C15H22N4O2/c1-9(15(21)17-2)8-19(3)13-6-10-4-5-14(20)18-12(10)7-11(13)16/h6-7,9H,4-5,8,16H2,1-3H3,(H,17,21)(H,18,20). The number of anilines is 3. The minimum atomic E-state index is -0.130. The van der Waals surface area contributed by atoms with Crippen molar-refractivity contribution in [3.63, 3.8) is 0 Å². The van der Waals surface area contributed by atoms with Crippen LogP contribution in [0.4, 0.5) is 17.1 Å². The minimum absolute atomic E-state index is 0.00523. The van der Waals surface area contributed by atoms with E-state index in [0.717, 1.165) is 16.9 Å². The Morgan fingerprint density at radius 1 is 1.48 bits per heavy atom. The summed E-state index contributed by atoms with van der Waals surface area (Å²) in [6, 6.07) is 3.80. The zero-order chi connectivity index (χ0) is 15.6. The molecule has 2 rings (SSSR count). The maximum Gasteiger partial charge on any atom is 0.224 e. The van der Waals surface area contributed by atoms with Crippen molar-refractivity contribution in [2.45, 2.75) is 19.8 Å². The summed E-state index contributed by atoms with van der Waals surface area (Å²) in [5.74, 6) is -0.1000. The highest BCUT2D eigenvalue weighted by molar-refractivity contribution is 5.95. The molecule has 1 aliphatic heterocycles. The quantitative estimate of drug-likeness (QED) is 0.721. The van der Waals surface area contributed by atoms with Gasteiger partial charge < -0.3 is 21.3 Å². The van der Waals surface area contributed by atoms with E-state index < -0.39 is 0 Å². The molecule has 1 heterocycles. The predicted octanol–water partition coefficient (Wildman–Crippen LogP) is 0.972. The van der Waals surface area contributed by atoms with E-state index in [0.29, 0.717) is 25.1 Å². The largest absolute Gasteiger partial charge is 0.397 e. The Kier molecular flexibility index (Phi) is 4.35. The lowest BCUT2D eigenvalue weighted by molar-refractivity contribution is -0.123. The number of hydrogen-bond donors (Lipinski definition) is 3. The zero-order valence-corrected chi connectivity index (χ0v) is 12.7. The second-order valence-corrected chi connectivity index (χ2v) is 5.51. The normalized spacial score (nSPS) is 14.9. The van der Waals surface area contributed by atoms with Crippen molar-refractivity contribution in [2.24, 2.45) is 5.92 Å². The Labute approximate surface area is 124 Å². The molecule has 4 N–H and O–H groups in total. The fraction of sp³-hybridized carbons (Fsp3) is 0.467. The fourth-order valence-corrected chi connectivity index (χ4v) is 2.60. The second kappa shape index (κ2) is 6.03. The Morgan fingerprint density at radius 2 is 2.19 bits per heavy atom. The summed E-state index contributed by atoms with van der Waals surface area (Å²) >= 11 is 0. The predicted molar refractivity (Wildman–Crippen MR) is 84.3 cm³/mol. The highest BCUT2D eigenvalue weighted by Gasteiger charge is 2.20. The summed E-state index contributed by atoms with van der Waals surface area (Å²) in [5, 5.41) is 5.48. The van der Waals surface area contributed by atoms with Gasteiger partial charge >= 0.3 is 0 Å². The molecule has 0 fully saturated rings. The summed E-state index contributed by atoms with van der Waals surface area (Å²) in [5.41, 5.74) is 9.44. The van der Waals surface area contributed by atoms with Crippen molar-refractivity contribution >= 4 is 28.9 Å². The lowest BCUT2D eigenvalue weighted by Crippen LogP contribution is -2.34. The molecule has 0 saturated carbocycles. The molecule has 1 atom stereocenters. The summed E-state index contributed by atoms with van der Waals surface area (Å²) in [6.45, 7) is 2.46. The van der Waals surface area contributed by atoms with Crippen LogP contribution in [0, 0.1) is 5.92 Å². The molecule has 114 valence electrons. The zero-order valence-electron chi connectivity index (χ0n) is 12.7. The van der Waals surface area contributed by atoms with Crippen LogP contribution in [-0.2, 0) is 16.0 Å². The number of carbonyl (C=O) groups is 2. The van der Waals surface area contributed by atoms with Crippen LogP contribution in [0.1, 0.15) is 18.9 Å². The summed E-state index contributed by atoms with van der Waals surface area (Å²) in [4.78, 5) is 25.0. The average molecular weight is 290 g/mol. The molecule has 21 heavy (non-hydrogen) atoms. The molecular weight excluding hydrogens is 268 g/mol. The van der Waals surface area contributed by atoms with Crippen molar-refractivity contribution in [1.82, 2.24) is 5.32 Å². The number of nitrogen functional groups attached to an aromatic ring is 1. The van der Waals surface area contributed by atoms with Crippen molar-refractivity contribution in [1.29, 1.82) is 0 Å². The van der Waals surface area contributed by atoms with Crippen LogP contribution in [0.15, 0.2) is 12.1 Å². The number of amides is 2. The third kappa shape index (κ3) is 3.26. The maximum absolute atomic E-state index is 11.6. The molecule has 0 aromatic heterocycles. The Hall–Kier alpha value is -2.24. The number of nitrogens with zero attached hydrogens (tertiary/aromatic N) is 1. The number of hydrogen-bond acceptors (Lipinski definition) is 4. The molecule has 6 heteroatoms. The number of nitrogens with one attached hydrogen (secondary N) is 2. The van der Waals surface area contributed by atoms with E-state index in [9.17, 15) is 9.59 Å². The van der Waals surface area contributed by atoms with Gasteiger partial charge in [0, 0.05) is 32.7 Å². The molecule has 0 saturated heterocycles. The molecule has 1 aliphatic rings. The number of aryl methyl sites for hydroxylation is 1. The van der Waals surface area contributed by atoms with Gasteiger partial charge in [-0.2, -0.15) is 0 Å². The third-order valence-electron chi connectivity index (χ3n) is 3.80. The lowest BCUT2D eigenvalue weighted by atomic mass is 10.0. The first-order valence-electron chi connectivity index (χ1n) is 7.07. The first kappa shape index (κ1) is 15.2. The van der Waals surface area contributed by atoms with Gasteiger partial charge in [0.25, 0.3) is 0 Å². The van der Waals surface area contributed by atoms with Gasteiger partial charge in [-0.3, -0.25) is 9.59 Å². The van der Waals surface area contributed by atoms with Crippen LogP contribution in [0.3, 0.4) is 0 Å². The van der Waals surface area contributed by atoms with Crippen molar-refractivity contribution in [2.75, 3.05) is 36.6 Å². The molecule has 1 unspecified atom stereocenters. The van der Waals surface area contributed by atoms with E-state index >= 15 is 0 Å². The fourth-order valence-electron chi connectivity index (χ4n) is 2.60. The smallest absolute Gasteiger partial charge is 0.224 e. The SMILES string of the molecule is CNC(=O)C(C)CN(C)c1cc2c(cc1N)NC(=O)CC2. The summed E-state index contributed by atoms with van der Waals surface area (Å²) in [7, 11) is 3.55. The molecular formula is C15H22N4O2. The number of nitrogens with two attached hydrogens (primary N) is 1. The molecule has 6 nitrogen and oxygen atoms in total. The monoisotopic (exact) mass is 290 g/mol. The van der Waals surface area contributed by atoms with Gasteiger partial charge in [-0.1, -0.05) is 6.92 Å². The average Bonchev–Trinajstić information content (AvgIpc) is 2.45. The van der Waals surface area contributed by atoms with E-state index in [1.807, 2.05) is 24.9 Å². The molecule has 0 aliphatic carbocycles. The second-order valence-electron chi connectivity index (χ2n) is 5.51. The van der Waals surface area contributed by atoms with Crippen LogP contribution in [0.5, 0.6) is 0 Å². The molecule has 1 aromatic carbocycles. The first-order valence-corrected chi connectivity index (χ1v) is 7.07. The molecule has 2 amide bonds. The summed E-state index contributed by atoms with van der Waals surface area (Å²) in [6.07, 6.45) is 1.21. The molecule has 1 aromatic rings. The number of rotatable bonds is 4. The third-order valence-corrected chi connectivity index (χ3v) is 3.80. The van der Waals surface area contributed by atoms with Gasteiger partial charge in [0.2, 0.25) is 11.8 Å². The van der Waals surface area contributed by atoms with Crippen molar-refractivity contribution < 1.29 is 9.59 Å². The van der Waals surface area contributed by atoms with Gasteiger partial charge in [-0.25, -0.2) is 0 Å². The Balaban J connectivity index is 2.20. The van der Waals surface area contributed by atoms with Gasteiger partial charge in [0.1, 0.15) is 0 Å². The van der Waals surface area contributed by atoms with E-state index in [4.69, 9.17) is 5.73 Å². The van der Waals surface area contributed by atoms with Crippen molar-refractivity contribution in [3.05, 3.63) is 17.7 Å². The van der Waals surface area contributed by atoms with Crippen LogP contribution < -0.4 is 21.3 Å². The molecule has 0 bridgehead atoms. The number of benzene rings is 1. The van der Waals surface area contributed by atoms with Crippen LogP contribution in [0.25, 0.3) is 0 Å². The first-order chi connectivity index (χ1) is 9.92. The van der Waals surface area contributed by atoms with Crippen LogP contribution in [-0.4, -0.2) is 32.5 Å². The van der Waals surface area contributed by atoms with Gasteiger partial charge in [-0.15, -0.1) is 0 Å². The number of carbonyl (C=O) groups excluding carboxylic acids is 2. The van der Waals surface area contributed by atoms with Gasteiger partial charge in [0.05, 0.1) is 17.3 Å². The van der Waals surface area contributed by atoms with Gasteiger partial charge in [-0.05, 0) is 24.1 Å². The highest BCUT2D eigenvalue weighted by Crippen LogP contribution is 2.33. The van der Waals surface area contributed by atoms with E-state index in [2.05, 4.69) is 10.6 Å². The Bertz CT molecular complexity index is 571. The van der Waals surface area contributed by atoms with Crippen molar-refractivity contribution in [3.8, 4) is 0 Å². The molecule has 0 radical (unpaired) electrons.